The zero-order chi connectivity index (χ0) is 22.1. The minimum atomic E-state index is -4.89. The van der Waals surface area contributed by atoms with E-state index in [2.05, 4.69) is 4.99 Å². The van der Waals surface area contributed by atoms with Crippen LogP contribution in [0.1, 0.15) is 22.3 Å². The van der Waals surface area contributed by atoms with E-state index >= 15 is 0 Å². The number of benzene rings is 2. The Morgan fingerprint density at radius 3 is 2.50 bits per heavy atom. The Morgan fingerprint density at radius 1 is 1.10 bits per heavy atom. The van der Waals surface area contributed by atoms with E-state index in [0.29, 0.717) is 15.8 Å². The molecule has 8 heteroatoms. The Morgan fingerprint density at radius 2 is 1.83 bits per heavy atom. The monoisotopic (exact) mass is 435 g/mol. The highest BCUT2D eigenvalue weighted by Gasteiger charge is 2.55. The number of fused-ring (bicyclic) bond motifs is 1. The number of hydrogen-bond donors (Lipinski definition) is 1. The number of aliphatic hydroxyl groups is 1. The summed E-state index contributed by atoms with van der Waals surface area (Å²) in [6.45, 7) is 3.51. The molecule has 0 aliphatic carbocycles. The van der Waals surface area contributed by atoms with Gasteiger partial charge in [0, 0.05) is 35.4 Å². The third-order valence-electron chi connectivity index (χ3n) is 4.86. The Bertz CT molecular complexity index is 1170. The Labute approximate surface area is 175 Å². The predicted molar refractivity (Wildman–Crippen MR) is 113 cm³/mol. The summed E-state index contributed by atoms with van der Waals surface area (Å²) in [5, 5.41) is 11.4. The lowest BCUT2D eigenvalue weighted by Gasteiger charge is -2.31. The number of nitrogens with zero attached hydrogens (tertiary/aromatic N) is 1. The molecule has 0 fully saturated rings. The van der Waals surface area contributed by atoms with Crippen molar-refractivity contribution < 1.29 is 22.7 Å². The molecule has 0 radical (unpaired) electrons. The molecule has 1 heterocycles. The van der Waals surface area contributed by atoms with Gasteiger partial charge in [0.15, 0.2) is 5.60 Å². The van der Waals surface area contributed by atoms with Crippen LogP contribution < -0.4 is 5.63 Å². The first-order chi connectivity index (χ1) is 14.0. The van der Waals surface area contributed by atoms with Gasteiger partial charge in [0.1, 0.15) is 5.58 Å². The summed E-state index contributed by atoms with van der Waals surface area (Å²) in [6, 6.07) is 10.3. The van der Waals surface area contributed by atoms with Gasteiger partial charge in [0.2, 0.25) is 0 Å². The third kappa shape index (κ3) is 4.29. The van der Waals surface area contributed by atoms with Crippen LogP contribution in [-0.4, -0.2) is 30.3 Å². The largest absolute Gasteiger partial charge is 0.423 e. The summed E-state index contributed by atoms with van der Waals surface area (Å²) >= 11 is 0.833. The second kappa shape index (κ2) is 8.28. The van der Waals surface area contributed by atoms with E-state index in [4.69, 9.17) is 4.42 Å². The van der Waals surface area contributed by atoms with Gasteiger partial charge in [-0.3, -0.25) is 4.99 Å². The number of halogens is 3. The zero-order valence-corrected chi connectivity index (χ0v) is 17.4. The van der Waals surface area contributed by atoms with Gasteiger partial charge in [-0.1, -0.05) is 12.1 Å². The molecule has 1 N–H and O–H groups in total. The van der Waals surface area contributed by atoms with Crippen LogP contribution in [0.2, 0.25) is 0 Å². The highest BCUT2D eigenvalue weighted by Crippen LogP contribution is 2.43. The van der Waals surface area contributed by atoms with Crippen LogP contribution in [0.15, 0.2) is 61.6 Å². The minimum Gasteiger partial charge on any atom is -0.423 e. The van der Waals surface area contributed by atoms with E-state index in [-0.39, 0.29) is 11.1 Å². The van der Waals surface area contributed by atoms with Crippen LogP contribution >= 0.6 is 11.8 Å². The Hall–Kier alpha value is -2.58. The molecule has 2 aromatic carbocycles. The molecule has 3 aromatic rings. The molecular formula is C22H20F3NO3S. The first-order valence-corrected chi connectivity index (χ1v) is 10.0. The van der Waals surface area contributed by atoms with Gasteiger partial charge < -0.3 is 9.52 Å². The number of hydrogen-bond acceptors (Lipinski definition) is 5. The van der Waals surface area contributed by atoms with Crippen molar-refractivity contribution in [2.24, 2.45) is 4.99 Å². The molecule has 1 unspecified atom stereocenters. The van der Waals surface area contributed by atoms with Crippen LogP contribution in [0.3, 0.4) is 0 Å². The third-order valence-corrected chi connectivity index (χ3v) is 6.01. The maximum Gasteiger partial charge on any atom is 0.422 e. The average Bonchev–Trinajstić information content (AvgIpc) is 2.66. The predicted octanol–water partition coefficient (Wildman–Crippen LogP) is 5.00. The Kier molecular flexibility index (Phi) is 6.10. The summed E-state index contributed by atoms with van der Waals surface area (Å²) in [6.07, 6.45) is -3.44. The van der Waals surface area contributed by atoms with Crippen LogP contribution in [-0.2, 0) is 5.60 Å². The zero-order valence-electron chi connectivity index (χ0n) is 16.6. The molecule has 30 heavy (non-hydrogen) atoms. The summed E-state index contributed by atoms with van der Waals surface area (Å²) in [5.74, 6) is -0.663. The van der Waals surface area contributed by atoms with E-state index in [0.717, 1.165) is 22.9 Å². The molecule has 0 spiro atoms. The lowest BCUT2D eigenvalue weighted by Crippen LogP contribution is -2.44. The minimum absolute atomic E-state index is 0.258. The molecular weight excluding hydrogens is 415 g/mol. The van der Waals surface area contributed by atoms with Crippen molar-refractivity contribution in [1.82, 2.24) is 0 Å². The fourth-order valence-electron chi connectivity index (χ4n) is 3.09. The van der Waals surface area contributed by atoms with Gasteiger partial charge in [-0.25, -0.2) is 4.79 Å². The molecule has 0 saturated carbocycles. The van der Waals surface area contributed by atoms with Gasteiger partial charge in [-0.05, 0) is 60.4 Å². The van der Waals surface area contributed by atoms with Crippen molar-refractivity contribution in [1.29, 1.82) is 0 Å². The maximum atomic E-state index is 13.9. The highest BCUT2D eigenvalue weighted by atomic mass is 32.2. The molecule has 158 valence electrons. The first-order valence-electron chi connectivity index (χ1n) is 9.05. The molecule has 0 saturated heterocycles. The van der Waals surface area contributed by atoms with Gasteiger partial charge in [-0.15, -0.1) is 11.8 Å². The number of thioether (sulfide) groups is 1. The van der Waals surface area contributed by atoms with Gasteiger partial charge in [0.25, 0.3) is 0 Å². The molecule has 1 atom stereocenters. The normalized spacial score (nSPS) is 14.4. The quantitative estimate of drug-likeness (QED) is 0.348. The van der Waals surface area contributed by atoms with E-state index in [1.807, 2.05) is 0 Å². The fourth-order valence-corrected chi connectivity index (χ4v) is 4.15. The molecule has 0 amide bonds. The van der Waals surface area contributed by atoms with E-state index in [1.54, 1.807) is 26.0 Å². The summed E-state index contributed by atoms with van der Waals surface area (Å²) in [7, 11) is 1.53. The van der Waals surface area contributed by atoms with Crippen molar-refractivity contribution in [2.75, 3.05) is 12.8 Å². The van der Waals surface area contributed by atoms with Crippen LogP contribution in [0.5, 0.6) is 0 Å². The summed E-state index contributed by atoms with van der Waals surface area (Å²) in [4.78, 5) is 15.9. The van der Waals surface area contributed by atoms with Crippen molar-refractivity contribution >= 4 is 28.9 Å². The van der Waals surface area contributed by atoms with Crippen molar-refractivity contribution in [2.45, 2.75) is 30.5 Å². The lowest BCUT2D eigenvalue weighted by atomic mass is 9.92. The van der Waals surface area contributed by atoms with E-state index in [9.17, 15) is 23.1 Å². The van der Waals surface area contributed by atoms with E-state index < -0.39 is 23.2 Å². The molecule has 0 aliphatic rings. The molecule has 0 bridgehead atoms. The van der Waals surface area contributed by atoms with Gasteiger partial charge in [-0.2, -0.15) is 13.2 Å². The van der Waals surface area contributed by atoms with Crippen molar-refractivity contribution in [3.05, 3.63) is 75.1 Å². The second-order valence-corrected chi connectivity index (χ2v) is 8.06. The fraction of sp³-hybridized carbons (Fsp3) is 0.273. The second-order valence-electron chi connectivity index (χ2n) is 7.01. The highest BCUT2D eigenvalue weighted by molar-refractivity contribution is 7.99. The molecule has 0 aliphatic heterocycles. The standard InChI is InChI=1S/C22H20F3NO3S/c1-13-4-5-16(9-15(13)11-26-3)21(28,22(23,24)25)12-30-17-6-7-18-14(2)8-20(27)29-19(18)10-17/h4-11,28H,12H2,1-3H3. The maximum absolute atomic E-state index is 13.9. The SMILES string of the molecule is CN=Cc1cc(C(O)(CSc2ccc3c(C)cc(=O)oc3c2)C(F)(F)F)ccc1C. The molecule has 3 rings (SSSR count). The average molecular weight is 435 g/mol. The van der Waals surface area contributed by atoms with Gasteiger partial charge >= 0.3 is 11.8 Å². The lowest BCUT2D eigenvalue weighted by molar-refractivity contribution is -0.256. The molecule has 1 aromatic heterocycles. The smallest absolute Gasteiger partial charge is 0.422 e. The number of aliphatic imine (C=N–C) groups is 1. The summed E-state index contributed by atoms with van der Waals surface area (Å²) < 4.78 is 46.9. The number of alkyl halides is 3. The number of aryl methyl sites for hydroxylation is 2. The summed E-state index contributed by atoms with van der Waals surface area (Å²) in [5.41, 5.74) is -1.59. The Balaban J connectivity index is 1.97. The van der Waals surface area contributed by atoms with Crippen molar-refractivity contribution in [3.8, 4) is 0 Å². The van der Waals surface area contributed by atoms with Crippen molar-refractivity contribution in [3.63, 3.8) is 0 Å². The van der Waals surface area contributed by atoms with E-state index in [1.165, 1.54) is 43.6 Å². The van der Waals surface area contributed by atoms with Crippen LogP contribution in [0.4, 0.5) is 13.2 Å². The molecule has 4 nitrogen and oxygen atoms in total. The van der Waals surface area contributed by atoms with Gasteiger partial charge in [0.05, 0.1) is 0 Å². The number of rotatable bonds is 5. The topological polar surface area (TPSA) is 62.8 Å². The first kappa shape index (κ1) is 22.1. The van der Waals surface area contributed by atoms with Crippen LogP contribution in [0.25, 0.3) is 11.0 Å². The van der Waals surface area contributed by atoms with Crippen LogP contribution in [0, 0.1) is 13.8 Å².